The molecule has 2 aromatic heterocycles. The van der Waals surface area contributed by atoms with Crippen LogP contribution in [-0.2, 0) is 0 Å². The molecule has 2 N–H and O–H groups in total. The lowest BCUT2D eigenvalue weighted by Gasteiger charge is -1.90. The van der Waals surface area contributed by atoms with Crippen LogP contribution in [0.5, 0.6) is 0 Å². The average molecular weight is 362 g/mol. The van der Waals surface area contributed by atoms with Gasteiger partial charge in [0.15, 0.2) is 0 Å². The van der Waals surface area contributed by atoms with E-state index >= 15 is 0 Å². The van der Waals surface area contributed by atoms with Crippen LogP contribution in [0.25, 0.3) is 46.4 Å². The van der Waals surface area contributed by atoms with Crippen molar-refractivity contribution < 1.29 is 0 Å². The first-order valence-electron chi connectivity index (χ1n) is 9.19. The van der Waals surface area contributed by atoms with Crippen molar-refractivity contribution in [1.82, 2.24) is 19.9 Å². The Hall–Kier alpha value is -3.92. The molecule has 0 atom stereocenters. The van der Waals surface area contributed by atoms with E-state index in [2.05, 4.69) is 50.3 Å². The molecule has 0 aliphatic heterocycles. The van der Waals surface area contributed by atoms with E-state index in [0.29, 0.717) is 0 Å². The standard InChI is InChI=1S/C24H18N4/c1-3-7-17(8-4-1)11-13-23-25-19-15-21-22(16-20(19)26-23)28-24(27-21)14-12-18-9-5-2-6-10-18/h1-16H,(H,25,26)(H,27,28)/b13-11+,14-12+. The molecule has 2 heterocycles. The zero-order valence-corrected chi connectivity index (χ0v) is 15.1. The topological polar surface area (TPSA) is 57.4 Å². The summed E-state index contributed by atoms with van der Waals surface area (Å²) in [6.07, 6.45) is 8.08. The molecule has 5 aromatic rings. The van der Waals surface area contributed by atoms with Crippen LogP contribution in [-0.4, -0.2) is 19.9 Å². The van der Waals surface area contributed by atoms with E-state index in [0.717, 1.165) is 44.8 Å². The van der Waals surface area contributed by atoms with Crippen molar-refractivity contribution in [2.45, 2.75) is 0 Å². The maximum Gasteiger partial charge on any atom is 0.131 e. The van der Waals surface area contributed by atoms with Crippen molar-refractivity contribution >= 4 is 46.4 Å². The Morgan fingerprint density at radius 3 is 1.46 bits per heavy atom. The third-order valence-corrected chi connectivity index (χ3v) is 4.59. The van der Waals surface area contributed by atoms with E-state index in [1.54, 1.807) is 0 Å². The minimum Gasteiger partial charge on any atom is -0.338 e. The molecule has 0 aliphatic rings. The third-order valence-electron chi connectivity index (χ3n) is 4.59. The van der Waals surface area contributed by atoms with Gasteiger partial charge in [-0.2, -0.15) is 0 Å². The zero-order valence-electron chi connectivity index (χ0n) is 15.1. The minimum absolute atomic E-state index is 0.829. The lowest BCUT2D eigenvalue weighted by molar-refractivity contribution is 1.28. The predicted molar refractivity (Wildman–Crippen MR) is 116 cm³/mol. The number of nitrogens with one attached hydrogen (secondary N) is 2. The Morgan fingerprint density at radius 2 is 1.00 bits per heavy atom. The highest BCUT2D eigenvalue weighted by molar-refractivity contribution is 5.93. The van der Waals surface area contributed by atoms with Crippen molar-refractivity contribution in [3.8, 4) is 0 Å². The number of H-pyrrole nitrogens is 2. The fourth-order valence-electron chi connectivity index (χ4n) is 3.19. The molecular weight excluding hydrogens is 344 g/mol. The fourth-order valence-corrected chi connectivity index (χ4v) is 3.19. The maximum atomic E-state index is 4.67. The Labute approximate surface area is 162 Å². The molecule has 28 heavy (non-hydrogen) atoms. The second kappa shape index (κ2) is 7.00. The zero-order chi connectivity index (χ0) is 18.8. The molecule has 4 nitrogen and oxygen atoms in total. The summed E-state index contributed by atoms with van der Waals surface area (Å²) in [5.41, 5.74) is 6.08. The summed E-state index contributed by atoms with van der Waals surface area (Å²) < 4.78 is 0. The van der Waals surface area contributed by atoms with Gasteiger partial charge < -0.3 is 9.97 Å². The fraction of sp³-hybridized carbons (Fsp3) is 0. The van der Waals surface area contributed by atoms with Gasteiger partial charge in [0.1, 0.15) is 11.6 Å². The van der Waals surface area contributed by atoms with Crippen molar-refractivity contribution in [2.75, 3.05) is 0 Å². The van der Waals surface area contributed by atoms with Crippen LogP contribution in [0.15, 0.2) is 72.8 Å². The van der Waals surface area contributed by atoms with Crippen molar-refractivity contribution in [2.24, 2.45) is 0 Å². The summed E-state index contributed by atoms with van der Waals surface area (Å²) in [5, 5.41) is 0. The van der Waals surface area contributed by atoms with E-state index in [1.165, 1.54) is 0 Å². The predicted octanol–water partition coefficient (Wildman–Crippen LogP) is 5.78. The molecular formula is C24H18N4. The Bertz CT molecular complexity index is 1140. The van der Waals surface area contributed by atoms with Gasteiger partial charge in [-0.25, -0.2) is 9.97 Å². The molecule has 0 radical (unpaired) electrons. The molecule has 0 amide bonds. The number of fused-ring (bicyclic) bond motifs is 2. The van der Waals surface area contributed by atoms with Gasteiger partial charge >= 0.3 is 0 Å². The van der Waals surface area contributed by atoms with Crippen LogP contribution in [0.3, 0.4) is 0 Å². The van der Waals surface area contributed by atoms with Gasteiger partial charge in [-0.3, -0.25) is 0 Å². The average Bonchev–Trinajstić information content (AvgIpc) is 3.32. The second-order valence-corrected chi connectivity index (χ2v) is 6.62. The maximum absolute atomic E-state index is 4.67. The molecule has 3 aromatic carbocycles. The molecule has 0 unspecified atom stereocenters. The first-order valence-corrected chi connectivity index (χ1v) is 9.19. The van der Waals surface area contributed by atoms with Crippen molar-refractivity contribution in [1.29, 1.82) is 0 Å². The van der Waals surface area contributed by atoms with Crippen LogP contribution in [0, 0.1) is 0 Å². The lowest BCUT2D eigenvalue weighted by atomic mass is 10.2. The normalized spacial score (nSPS) is 12.0. The number of imidazole rings is 2. The second-order valence-electron chi connectivity index (χ2n) is 6.62. The van der Waals surface area contributed by atoms with Gasteiger partial charge in [-0.05, 0) is 35.4 Å². The summed E-state index contributed by atoms with van der Waals surface area (Å²) in [5.74, 6) is 1.66. The van der Waals surface area contributed by atoms with E-state index in [1.807, 2.05) is 66.8 Å². The van der Waals surface area contributed by atoms with Crippen LogP contribution in [0.4, 0.5) is 0 Å². The molecule has 0 saturated heterocycles. The molecule has 4 heteroatoms. The van der Waals surface area contributed by atoms with E-state index in [9.17, 15) is 0 Å². The number of rotatable bonds is 4. The van der Waals surface area contributed by atoms with Crippen LogP contribution < -0.4 is 0 Å². The highest BCUT2D eigenvalue weighted by Gasteiger charge is 2.06. The summed E-state index contributed by atoms with van der Waals surface area (Å²) >= 11 is 0. The largest absolute Gasteiger partial charge is 0.338 e. The summed E-state index contributed by atoms with van der Waals surface area (Å²) in [6, 6.07) is 24.5. The van der Waals surface area contributed by atoms with Gasteiger partial charge in [0.05, 0.1) is 22.1 Å². The van der Waals surface area contributed by atoms with Crippen LogP contribution >= 0.6 is 0 Å². The lowest BCUT2D eigenvalue weighted by Crippen LogP contribution is -1.75. The number of nitrogens with zero attached hydrogens (tertiary/aromatic N) is 2. The minimum atomic E-state index is 0.829. The first kappa shape index (κ1) is 16.3. The number of hydrogen-bond donors (Lipinski definition) is 2. The van der Waals surface area contributed by atoms with E-state index < -0.39 is 0 Å². The highest BCUT2D eigenvalue weighted by atomic mass is 14.9. The molecule has 0 fully saturated rings. The molecule has 0 saturated carbocycles. The quantitative estimate of drug-likeness (QED) is 0.426. The number of hydrogen-bond acceptors (Lipinski definition) is 2. The summed E-state index contributed by atoms with van der Waals surface area (Å²) in [4.78, 5) is 16.1. The Morgan fingerprint density at radius 1 is 0.536 bits per heavy atom. The number of benzene rings is 3. The van der Waals surface area contributed by atoms with Gasteiger partial charge in [-0.1, -0.05) is 72.8 Å². The first-order chi connectivity index (χ1) is 13.8. The SMILES string of the molecule is C(=C\c1nc2cc3nc(/C=C/c4ccccc4)[nH]c3cc2[nH]1)/c1ccccc1. The molecule has 0 bridgehead atoms. The summed E-state index contributed by atoms with van der Waals surface area (Å²) in [6.45, 7) is 0. The monoisotopic (exact) mass is 362 g/mol. The Balaban J connectivity index is 1.44. The highest BCUT2D eigenvalue weighted by Crippen LogP contribution is 2.21. The summed E-state index contributed by atoms with van der Waals surface area (Å²) in [7, 11) is 0. The smallest absolute Gasteiger partial charge is 0.131 e. The van der Waals surface area contributed by atoms with Gasteiger partial charge in [0.25, 0.3) is 0 Å². The molecule has 0 spiro atoms. The third kappa shape index (κ3) is 3.35. The van der Waals surface area contributed by atoms with Gasteiger partial charge in [-0.15, -0.1) is 0 Å². The molecule has 134 valence electrons. The number of aromatic amines is 2. The van der Waals surface area contributed by atoms with Crippen LogP contribution in [0.2, 0.25) is 0 Å². The number of aromatic nitrogens is 4. The van der Waals surface area contributed by atoms with E-state index in [4.69, 9.17) is 0 Å². The van der Waals surface area contributed by atoms with Crippen LogP contribution in [0.1, 0.15) is 22.8 Å². The van der Waals surface area contributed by atoms with Crippen molar-refractivity contribution in [3.63, 3.8) is 0 Å². The molecule has 5 rings (SSSR count). The van der Waals surface area contributed by atoms with Gasteiger partial charge in [0.2, 0.25) is 0 Å². The molecule has 0 aliphatic carbocycles. The van der Waals surface area contributed by atoms with Gasteiger partial charge in [0, 0.05) is 0 Å². The van der Waals surface area contributed by atoms with Crippen molar-refractivity contribution in [3.05, 3.63) is 95.6 Å². The van der Waals surface area contributed by atoms with E-state index in [-0.39, 0.29) is 0 Å². The Kier molecular flexibility index (Phi) is 4.07.